The largest absolute Gasteiger partial charge is 0.385 e. The molecule has 1 N–H and O–H groups in total. The highest BCUT2D eigenvalue weighted by Crippen LogP contribution is 2.22. The smallest absolute Gasteiger partial charge is 0.261 e. The molecule has 0 fully saturated rings. The predicted molar refractivity (Wildman–Crippen MR) is 94.7 cm³/mol. The molecular formula is C16H14BrClN4O2. The molecule has 0 aliphatic heterocycles. The monoisotopic (exact) mass is 408 g/mol. The van der Waals surface area contributed by atoms with Gasteiger partial charge in [0, 0.05) is 9.50 Å². The van der Waals surface area contributed by atoms with Gasteiger partial charge in [-0.3, -0.25) is 4.79 Å². The lowest BCUT2D eigenvalue weighted by Crippen LogP contribution is -2.34. The van der Waals surface area contributed by atoms with Crippen molar-refractivity contribution in [2.24, 2.45) is 0 Å². The SMILES string of the molecule is C[C@H](NC(=O)COn1nnc2ccc(Cl)cc21)c1ccccc1Br. The highest BCUT2D eigenvalue weighted by Gasteiger charge is 2.13. The fraction of sp³-hybridized carbons (Fsp3) is 0.188. The van der Waals surface area contributed by atoms with Gasteiger partial charge in [0.1, 0.15) is 11.0 Å². The van der Waals surface area contributed by atoms with E-state index >= 15 is 0 Å². The molecule has 0 radical (unpaired) electrons. The Morgan fingerprint density at radius 1 is 1.38 bits per heavy atom. The fourth-order valence-electron chi connectivity index (χ4n) is 2.27. The van der Waals surface area contributed by atoms with Crippen molar-refractivity contribution in [2.75, 3.05) is 6.61 Å². The molecule has 0 unspecified atom stereocenters. The Morgan fingerprint density at radius 2 is 2.17 bits per heavy atom. The van der Waals surface area contributed by atoms with E-state index in [-0.39, 0.29) is 18.6 Å². The molecule has 1 atom stereocenters. The van der Waals surface area contributed by atoms with E-state index in [4.69, 9.17) is 16.4 Å². The van der Waals surface area contributed by atoms with E-state index in [1.165, 1.54) is 4.85 Å². The van der Waals surface area contributed by atoms with E-state index in [2.05, 4.69) is 31.6 Å². The van der Waals surface area contributed by atoms with Crippen molar-refractivity contribution in [1.29, 1.82) is 0 Å². The number of benzene rings is 2. The lowest BCUT2D eigenvalue weighted by molar-refractivity contribution is -0.127. The quantitative estimate of drug-likeness (QED) is 0.703. The van der Waals surface area contributed by atoms with Crippen LogP contribution in [0.1, 0.15) is 18.5 Å². The highest BCUT2D eigenvalue weighted by molar-refractivity contribution is 9.10. The van der Waals surface area contributed by atoms with Crippen molar-refractivity contribution in [3.8, 4) is 0 Å². The summed E-state index contributed by atoms with van der Waals surface area (Å²) in [6, 6.07) is 12.7. The molecule has 0 saturated carbocycles. The zero-order chi connectivity index (χ0) is 17.1. The number of nitrogens with one attached hydrogen (secondary N) is 1. The number of rotatable bonds is 5. The maximum absolute atomic E-state index is 12.1. The summed E-state index contributed by atoms with van der Waals surface area (Å²) in [7, 11) is 0. The average Bonchev–Trinajstić information content (AvgIpc) is 2.95. The third-order valence-electron chi connectivity index (χ3n) is 3.44. The molecule has 3 aromatic rings. The molecule has 24 heavy (non-hydrogen) atoms. The number of hydrogen-bond donors (Lipinski definition) is 1. The summed E-state index contributed by atoms with van der Waals surface area (Å²) in [6.45, 7) is 1.72. The van der Waals surface area contributed by atoms with Gasteiger partial charge >= 0.3 is 0 Å². The molecule has 0 aliphatic carbocycles. The number of amides is 1. The van der Waals surface area contributed by atoms with Crippen LogP contribution < -0.4 is 10.2 Å². The number of aromatic nitrogens is 3. The third-order valence-corrected chi connectivity index (χ3v) is 4.40. The maximum Gasteiger partial charge on any atom is 0.261 e. The first-order valence-electron chi connectivity index (χ1n) is 7.22. The minimum Gasteiger partial charge on any atom is -0.385 e. The number of fused-ring (bicyclic) bond motifs is 1. The highest BCUT2D eigenvalue weighted by atomic mass is 79.9. The van der Waals surface area contributed by atoms with Crippen LogP contribution in [0.5, 0.6) is 0 Å². The third kappa shape index (κ3) is 3.68. The molecule has 0 bridgehead atoms. The summed E-state index contributed by atoms with van der Waals surface area (Å²) < 4.78 is 0.940. The zero-order valence-corrected chi connectivity index (χ0v) is 15.1. The topological polar surface area (TPSA) is 69.0 Å². The van der Waals surface area contributed by atoms with Crippen LogP contribution in [0.2, 0.25) is 5.02 Å². The van der Waals surface area contributed by atoms with Gasteiger partial charge in [0.05, 0.1) is 6.04 Å². The number of nitrogens with zero attached hydrogens (tertiary/aromatic N) is 3. The van der Waals surface area contributed by atoms with Gasteiger partial charge in [-0.25, -0.2) is 0 Å². The summed E-state index contributed by atoms with van der Waals surface area (Å²) in [4.78, 5) is 18.7. The van der Waals surface area contributed by atoms with Crippen molar-refractivity contribution in [2.45, 2.75) is 13.0 Å². The number of carbonyl (C=O) groups excluding carboxylic acids is 1. The summed E-state index contributed by atoms with van der Waals surface area (Å²) >= 11 is 9.43. The van der Waals surface area contributed by atoms with Gasteiger partial charge in [0.15, 0.2) is 6.61 Å². The van der Waals surface area contributed by atoms with Gasteiger partial charge in [0.25, 0.3) is 5.91 Å². The van der Waals surface area contributed by atoms with Gasteiger partial charge < -0.3 is 10.2 Å². The maximum atomic E-state index is 12.1. The molecule has 1 amide bonds. The van der Waals surface area contributed by atoms with Gasteiger partial charge in [-0.2, -0.15) is 0 Å². The van der Waals surface area contributed by atoms with E-state index < -0.39 is 0 Å². The Hall–Kier alpha value is -2.12. The lowest BCUT2D eigenvalue weighted by Gasteiger charge is -2.15. The van der Waals surface area contributed by atoms with Crippen molar-refractivity contribution >= 4 is 44.5 Å². The fourth-order valence-corrected chi connectivity index (χ4v) is 3.07. The zero-order valence-electron chi connectivity index (χ0n) is 12.7. The molecule has 0 aliphatic rings. The Morgan fingerprint density at radius 3 is 2.96 bits per heavy atom. The van der Waals surface area contributed by atoms with E-state index in [0.29, 0.717) is 16.1 Å². The Balaban J connectivity index is 1.63. The van der Waals surface area contributed by atoms with E-state index in [9.17, 15) is 4.79 Å². The summed E-state index contributed by atoms with van der Waals surface area (Å²) in [6.07, 6.45) is 0. The van der Waals surface area contributed by atoms with Crippen molar-refractivity contribution in [3.05, 3.63) is 57.5 Å². The van der Waals surface area contributed by atoms with Crippen LogP contribution in [0.3, 0.4) is 0 Å². The minimum absolute atomic E-state index is 0.154. The van der Waals surface area contributed by atoms with Crippen LogP contribution in [-0.4, -0.2) is 27.7 Å². The molecule has 8 heteroatoms. The van der Waals surface area contributed by atoms with Crippen LogP contribution in [0.15, 0.2) is 46.9 Å². The van der Waals surface area contributed by atoms with Gasteiger partial charge in [-0.15, -0.1) is 5.10 Å². The summed E-state index contributed by atoms with van der Waals surface area (Å²) in [5, 5.41) is 11.2. The molecule has 0 spiro atoms. The number of hydrogen-bond acceptors (Lipinski definition) is 4. The van der Waals surface area contributed by atoms with Crippen molar-refractivity contribution in [3.63, 3.8) is 0 Å². The number of carbonyl (C=O) groups is 1. The van der Waals surface area contributed by atoms with E-state index in [1.807, 2.05) is 31.2 Å². The second-order valence-corrected chi connectivity index (χ2v) is 6.47. The van der Waals surface area contributed by atoms with Gasteiger partial charge in [0.2, 0.25) is 0 Å². The predicted octanol–water partition coefficient (Wildman–Crippen LogP) is 3.15. The molecule has 3 rings (SSSR count). The van der Waals surface area contributed by atoms with Gasteiger partial charge in [-0.05, 0) is 42.0 Å². The molecule has 1 aromatic heterocycles. The second-order valence-electron chi connectivity index (χ2n) is 5.18. The molecule has 124 valence electrons. The minimum atomic E-state index is -0.260. The summed E-state index contributed by atoms with van der Waals surface area (Å²) in [5.74, 6) is -0.260. The first-order chi connectivity index (χ1) is 11.5. The van der Waals surface area contributed by atoms with Crippen LogP contribution in [0.4, 0.5) is 0 Å². The lowest BCUT2D eigenvalue weighted by atomic mass is 10.1. The van der Waals surface area contributed by atoms with Crippen LogP contribution in [0, 0.1) is 0 Å². The second kappa shape index (κ2) is 7.19. The Kier molecular flexibility index (Phi) is 5.01. The Labute approximate surface area is 151 Å². The van der Waals surface area contributed by atoms with Crippen LogP contribution in [0.25, 0.3) is 11.0 Å². The molecule has 1 heterocycles. The first kappa shape index (κ1) is 16.7. The van der Waals surface area contributed by atoms with Gasteiger partial charge in [-0.1, -0.05) is 50.6 Å². The van der Waals surface area contributed by atoms with Crippen molar-refractivity contribution < 1.29 is 9.63 Å². The summed E-state index contributed by atoms with van der Waals surface area (Å²) in [5.41, 5.74) is 2.24. The first-order valence-corrected chi connectivity index (χ1v) is 8.40. The standard InChI is InChI=1S/C16H14BrClN4O2/c1-10(12-4-2-3-5-13(12)17)19-16(23)9-24-22-15-8-11(18)6-7-14(15)20-21-22/h2-8,10H,9H2,1H3,(H,19,23)/t10-/m0/s1. The molecule has 2 aromatic carbocycles. The van der Waals surface area contributed by atoms with Crippen LogP contribution >= 0.6 is 27.5 Å². The van der Waals surface area contributed by atoms with Crippen molar-refractivity contribution in [1.82, 2.24) is 20.5 Å². The van der Waals surface area contributed by atoms with Crippen LogP contribution in [-0.2, 0) is 4.79 Å². The van der Waals surface area contributed by atoms with E-state index in [0.717, 1.165) is 10.0 Å². The van der Waals surface area contributed by atoms with E-state index in [1.54, 1.807) is 18.2 Å². The normalized spacial score (nSPS) is 12.1. The molecule has 0 saturated heterocycles. The molecule has 6 nitrogen and oxygen atoms in total. The molecular weight excluding hydrogens is 396 g/mol. The number of halogens is 2. The Bertz CT molecular complexity index is 883. The average molecular weight is 410 g/mol.